The Morgan fingerprint density at radius 3 is 2.43 bits per heavy atom. The van der Waals surface area contributed by atoms with Crippen LogP contribution in [0.4, 0.5) is 16.2 Å². The summed E-state index contributed by atoms with van der Waals surface area (Å²) in [4.78, 5) is 14.4. The number of benzene rings is 1. The lowest BCUT2D eigenvalue weighted by Gasteiger charge is -2.26. The fraction of sp³-hybridized carbons (Fsp3) is 0.611. The third-order valence-electron chi connectivity index (χ3n) is 4.95. The van der Waals surface area contributed by atoms with Gasteiger partial charge in [0.25, 0.3) is 0 Å². The predicted molar refractivity (Wildman–Crippen MR) is 92.9 cm³/mol. The van der Waals surface area contributed by atoms with E-state index < -0.39 is 0 Å². The van der Waals surface area contributed by atoms with E-state index in [0.29, 0.717) is 0 Å². The molecule has 0 bridgehead atoms. The van der Waals surface area contributed by atoms with Crippen molar-refractivity contribution in [3.63, 3.8) is 0 Å². The van der Waals surface area contributed by atoms with Crippen molar-refractivity contribution in [2.75, 3.05) is 23.3 Å². The smallest absolute Gasteiger partial charge is 0.319 e. The molecule has 1 aliphatic heterocycles. The van der Waals surface area contributed by atoms with E-state index in [-0.39, 0.29) is 18.2 Å². The minimum Gasteiger partial charge on any atom is -0.393 e. The zero-order valence-corrected chi connectivity index (χ0v) is 13.8. The summed E-state index contributed by atoms with van der Waals surface area (Å²) in [7, 11) is 0. The van der Waals surface area contributed by atoms with Crippen molar-refractivity contribution >= 4 is 17.4 Å². The summed E-state index contributed by atoms with van der Waals surface area (Å²) in [6, 6.07) is 8.08. The van der Waals surface area contributed by atoms with E-state index in [2.05, 4.69) is 34.6 Å². The summed E-state index contributed by atoms with van der Waals surface area (Å²) < 4.78 is 0. The van der Waals surface area contributed by atoms with Gasteiger partial charge in [-0.15, -0.1) is 0 Å². The molecule has 2 fully saturated rings. The van der Waals surface area contributed by atoms with Crippen LogP contribution >= 0.6 is 0 Å². The topological polar surface area (TPSA) is 64.6 Å². The molecule has 126 valence electrons. The van der Waals surface area contributed by atoms with Gasteiger partial charge in [0.1, 0.15) is 0 Å². The Bertz CT molecular complexity index is 524. The number of aliphatic hydroxyl groups excluding tert-OH is 1. The molecule has 1 aromatic carbocycles. The molecule has 5 heteroatoms. The van der Waals surface area contributed by atoms with Crippen LogP contribution in [0, 0.1) is 5.92 Å². The number of carbonyl (C=O) groups excluding carboxylic acids is 1. The van der Waals surface area contributed by atoms with Crippen molar-refractivity contribution in [2.24, 2.45) is 5.92 Å². The maximum Gasteiger partial charge on any atom is 0.319 e. The van der Waals surface area contributed by atoms with Crippen LogP contribution in [0.1, 0.15) is 39.0 Å². The molecule has 2 aliphatic rings. The van der Waals surface area contributed by atoms with Crippen molar-refractivity contribution in [1.29, 1.82) is 0 Å². The Morgan fingerprint density at radius 2 is 1.83 bits per heavy atom. The summed E-state index contributed by atoms with van der Waals surface area (Å²) in [5.74, 6) is 0.757. The standard InChI is InChI=1S/C18H27N3O2/c1-13-10-11-21(12-13)16-6-2-14(3-7-16)19-18(23)20-15-4-8-17(22)9-5-15/h2-3,6-7,13,15,17,22H,4-5,8-12H2,1H3,(H2,19,20,23). The molecule has 1 unspecified atom stereocenters. The number of aliphatic hydroxyl groups is 1. The van der Waals surface area contributed by atoms with E-state index in [1.54, 1.807) is 0 Å². The molecule has 23 heavy (non-hydrogen) atoms. The number of urea groups is 1. The molecule has 1 saturated heterocycles. The zero-order valence-electron chi connectivity index (χ0n) is 13.8. The number of nitrogens with zero attached hydrogens (tertiary/aromatic N) is 1. The Balaban J connectivity index is 1.49. The van der Waals surface area contributed by atoms with Crippen LogP contribution in [0.5, 0.6) is 0 Å². The molecule has 5 nitrogen and oxygen atoms in total. The van der Waals surface area contributed by atoms with Crippen LogP contribution < -0.4 is 15.5 Å². The quantitative estimate of drug-likeness (QED) is 0.803. The normalized spacial score (nSPS) is 27.7. The first kappa shape index (κ1) is 16.1. The van der Waals surface area contributed by atoms with E-state index in [1.807, 2.05) is 12.1 Å². The second kappa shape index (κ2) is 7.21. The number of anilines is 2. The second-order valence-electron chi connectivity index (χ2n) is 6.99. The number of carbonyl (C=O) groups is 1. The molecule has 1 aliphatic carbocycles. The van der Waals surface area contributed by atoms with Gasteiger partial charge in [-0.1, -0.05) is 6.92 Å². The van der Waals surface area contributed by atoms with Gasteiger partial charge in [-0.25, -0.2) is 4.79 Å². The third-order valence-corrected chi connectivity index (χ3v) is 4.95. The average molecular weight is 317 g/mol. The van der Waals surface area contributed by atoms with E-state index in [0.717, 1.165) is 50.4 Å². The van der Waals surface area contributed by atoms with Crippen LogP contribution in [0.3, 0.4) is 0 Å². The SMILES string of the molecule is CC1CCN(c2ccc(NC(=O)NC3CCC(O)CC3)cc2)C1. The number of rotatable bonds is 3. The minimum atomic E-state index is -0.197. The molecule has 0 radical (unpaired) electrons. The van der Waals surface area contributed by atoms with Gasteiger partial charge in [0, 0.05) is 30.5 Å². The van der Waals surface area contributed by atoms with E-state index in [9.17, 15) is 9.90 Å². The van der Waals surface area contributed by atoms with Crippen LogP contribution in [0.15, 0.2) is 24.3 Å². The van der Waals surface area contributed by atoms with Gasteiger partial charge < -0.3 is 20.6 Å². The van der Waals surface area contributed by atoms with Crippen molar-refractivity contribution in [3.8, 4) is 0 Å². The van der Waals surface area contributed by atoms with Crippen molar-refractivity contribution < 1.29 is 9.90 Å². The monoisotopic (exact) mass is 317 g/mol. The summed E-state index contributed by atoms with van der Waals surface area (Å²) >= 11 is 0. The van der Waals surface area contributed by atoms with Crippen molar-refractivity contribution in [3.05, 3.63) is 24.3 Å². The Labute approximate surface area is 138 Å². The highest BCUT2D eigenvalue weighted by atomic mass is 16.3. The zero-order chi connectivity index (χ0) is 16.2. The van der Waals surface area contributed by atoms with Crippen LogP contribution in [0.25, 0.3) is 0 Å². The minimum absolute atomic E-state index is 0.158. The van der Waals surface area contributed by atoms with Crippen LogP contribution in [-0.4, -0.2) is 36.4 Å². The lowest BCUT2D eigenvalue weighted by Crippen LogP contribution is -2.40. The molecule has 0 aromatic heterocycles. The van der Waals surface area contributed by atoms with Gasteiger partial charge in [-0.05, 0) is 62.3 Å². The third kappa shape index (κ3) is 4.38. The summed E-state index contributed by atoms with van der Waals surface area (Å²) in [5, 5.41) is 15.4. The van der Waals surface area contributed by atoms with Gasteiger partial charge in [-0.3, -0.25) is 0 Å². The van der Waals surface area contributed by atoms with Gasteiger partial charge in [0.15, 0.2) is 0 Å². The first-order valence-corrected chi connectivity index (χ1v) is 8.71. The molecular formula is C18H27N3O2. The maximum absolute atomic E-state index is 12.1. The van der Waals surface area contributed by atoms with Crippen molar-refractivity contribution in [2.45, 2.75) is 51.2 Å². The first-order valence-electron chi connectivity index (χ1n) is 8.71. The van der Waals surface area contributed by atoms with Crippen LogP contribution in [0.2, 0.25) is 0 Å². The Morgan fingerprint density at radius 1 is 1.13 bits per heavy atom. The summed E-state index contributed by atoms with van der Waals surface area (Å²) in [5.41, 5.74) is 2.04. The highest BCUT2D eigenvalue weighted by Crippen LogP contribution is 2.25. The number of hydrogen-bond donors (Lipinski definition) is 3. The lowest BCUT2D eigenvalue weighted by atomic mass is 9.93. The first-order chi connectivity index (χ1) is 11.1. The molecule has 3 rings (SSSR count). The molecule has 1 saturated carbocycles. The Hall–Kier alpha value is -1.75. The fourth-order valence-electron chi connectivity index (χ4n) is 3.50. The fourth-order valence-corrected chi connectivity index (χ4v) is 3.50. The maximum atomic E-state index is 12.1. The molecule has 1 atom stereocenters. The van der Waals surface area contributed by atoms with Crippen LogP contribution in [-0.2, 0) is 0 Å². The molecule has 0 spiro atoms. The second-order valence-corrected chi connectivity index (χ2v) is 6.99. The summed E-state index contributed by atoms with van der Waals surface area (Å²) in [6.07, 6.45) is 4.29. The van der Waals surface area contributed by atoms with Gasteiger partial charge in [-0.2, -0.15) is 0 Å². The average Bonchev–Trinajstić information content (AvgIpc) is 2.97. The molecule has 1 heterocycles. The van der Waals surface area contributed by atoms with E-state index in [1.165, 1.54) is 12.1 Å². The molecule has 2 amide bonds. The molecular weight excluding hydrogens is 290 g/mol. The highest BCUT2D eigenvalue weighted by molar-refractivity contribution is 5.89. The van der Waals surface area contributed by atoms with E-state index in [4.69, 9.17) is 0 Å². The lowest BCUT2D eigenvalue weighted by molar-refractivity contribution is 0.118. The largest absolute Gasteiger partial charge is 0.393 e. The van der Waals surface area contributed by atoms with E-state index >= 15 is 0 Å². The number of hydrogen-bond acceptors (Lipinski definition) is 3. The van der Waals surface area contributed by atoms with Gasteiger partial charge in [0.2, 0.25) is 0 Å². The molecule has 3 N–H and O–H groups in total. The Kier molecular flexibility index (Phi) is 5.06. The summed E-state index contributed by atoms with van der Waals surface area (Å²) in [6.45, 7) is 4.51. The number of amides is 2. The van der Waals surface area contributed by atoms with Gasteiger partial charge >= 0.3 is 6.03 Å². The number of nitrogens with one attached hydrogen (secondary N) is 2. The van der Waals surface area contributed by atoms with Gasteiger partial charge in [0.05, 0.1) is 6.10 Å². The predicted octanol–water partition coefficient (Wildman–Crippen LogP) is 2.96. The molecule has 1 aromatic rings. The van der Waals surface area contributed by atoms with Crippen molar-refractivity contribution in [1.82, 2.24) is 5.32 Å². The highest BCUT2D eigenvalue weighted by Gasteiger charge is 2.21.